The van der Waals surface area contributed by atoms with Crippen LogP contribution in [-0.2, 0) is 4.74 Å². The van der Waals surface area contributed by atoms with Crippen LogP contribution in [-0.4, -0.2) is 13.2 Å². The summed E-state index contributed by atoms with van der Waals surface area (Å²) in [7, 11) is 1.74. The van der Waals surface area contributed by atoms with Crippen molar-refractivity contribution >= 4 is 10.8 Å². The van der Waals surface area contributed by atoms with Crippen molar-refractivity contribution in [2.75, 3.05) is 7.11 Å². The van der Waals surface area contributed by atoms with Crippen LogP contribution in [0.4, 0.5) is 0 Å². The lowest BCUT2D eigenvalue weighted by molar-refractivity contribution is 0.106. The van der Waals surface area contributed by atoms with Gasteiger partial charge in [0.05, 0.1) is 6.10 Å². The minimum atomic E-state index is 0.169. The molecule has 0 spiro atoms. The normalized spacial score (nSPS) is 14.5. The topological polar surface area (TPSA) is 47.3 Å². The van der Waals surface area contributed by atoms with E-state index in [0.29, 0.717) is 0 Å². The van der Waals surface area contributed by atoms with Gasteiger partial charge in [0, 0.05) is 13.2 Å². The molecule has 0 heterocycles. The first-order valence-electron chi connectivity index (χ1n) is 6.72. The Morgan fingerprint density at radius 2 is 1.84 bits per heavy atom. The molecule has 2 unspecified atom stereocenters. The summed E-state index contributed by atoms with van der Waals surface area (Å²) < 4.78 is 5.28. The van der Waals surface area contributed by atoms with Crippen LogP contribution in [0.5, 0.6) is 0 Å². The summed E-state index contributed by atoms with van der Waals surface area (Å²) in [4.78, 5) is 0. The van der Waals surface area contributed by atoms with Gasteiger partial charge in [0.25, 0.3) is 0 Å². The summed E-state index contributed by atoms with van der Waals surface area (Å²) in [5.74, 6) is 5.69. The average molecular weight is 258 g/mol. The molecule has 0 amide bonds. The van der Waals surface area contributed by atoms with Crippen molar-refractivity contribution in [1.82, 2.24) is 5.43 Å². The van der Waals surface area contributed by atoms with Gasteiger partial charge in [0.1, 0.15) is 0 Å². The number of hydrogen-bond donors (Lipinski definition) is 2. The first-order valence-corrected chi connectivity index (χ1v) is 6.72. The second kappa shape index (κ2) is 6.66. The molecule has 0 saturated carbocycles. The Bertz CT molecular complexity index is 527. The molecule has 3 heteroatoms. The fraction of sp³-hybridized carbons (Fsp3) is 0.375. The van der Waals surface area contributed by atoms with Gasteiger partial charge in [-0.3, -0.25) is 11.3 Å². The lowest BCUT2D eigenvalue weighted by Gasteiger charge is -2.19. The molecular weight excluding hydrogens is 236 g/mol. The van der Waals surface area contributed by atoms with Gasteiger partial charge in [-0.15, -0.1) is 0 Å². The van der Waals surface area contributed by atoms with E-state index in [1.54, 1.807) is 7.11 Å². The van der Waals surface area contributed by atoms with E-state index >= 15 is 0 Å². The summed E-state index contributed by atoms with van der Waals surface area (Å²) in [6, 6.07) is 15.0. The van der Waals surface area contributed by atoms with Crippen LogP contribution in [0.25, 0.3) is 10.8 Å². The van der Waals surface area contributed by atoms with E-state index in [2.05, 4.69) is 54.8 Å². The molecule has 0 fully saturated rings. The monoisotopic (exact) mass is 258 g/mol. The highest BCUT2D eigenvalue weighted by molar-refractivity contribution is 5.83. The predicted molar refractivity (Wildman–Crippen MR) is 79.7 cm³/mol. The lowest BCUT2D eigenvalue weighted by atomic mass is 9.98. The Balaban J connectivity index is 2.15. The predicted octanol–water partition coefficient (Wildman–Crippen LogP) is 3.16. The van der Waals surface area contributed by atoms with Crippen LogP contribution in [0.15, 0.2) is 42.5 Å². The maximum atomic E-state index is 5.69. The minimum absolute atomic E-state index is 0.169. The van der Waals surface area contributed by atoms with Gasteiger partial charge < -0.3 is 4.74 Å². The Labute approximate surface area is 114 Å². The third kappa shape index (κ3) is 3.53. The highest BCUT2D eigenvalue weighted by Gasteiger charge is 2.12. The van der Waals surface area contributed by atoms with Crippen molar-refractivity contribution in [1.29, 1.82) is 0 Å². The first-order chi connectivity index (χ1) is 9.24. The molecule has 3 nitrogen and oxygen atoms in total. The highest BCUT2D eigenvalue weighted by Crippen LogP contribution is 2.23. The summed E-state index contributed by atoms with van der Waals surface area (Å²) in [5.41, 5.74) is 4.13. The molecule has 0 bridgehead atoms. The summed E-state index contributed by atoms with van der Waals surface area (Å²) in [6.45, 7) is 2.08. The molecule has 0 aliphatic carbocycles. The van der Waals surface area contributed by atoms with Crippen LogP contribution >= 0.6 is 0 Å². The number of hydrazine groups is 1. The summed E-state index contributed by atoms with van der Waals surface area (Å²) >= 11 is 0. The maximum Gasteiger partial charge on any atom is 0.0543 e. The van der Waals surface area contributed by atoms with Crippen molar-refractivity contribution in [3.8, 4) is 0 Å². The quantitative estimate of drug-likeness (QED) is 0.618. The standard InChI is InChI=1S/C16H22N2O/c1-12(19-2)7-10-16(18-17)15-9-8-13-5-3-4-6-14(13)11-15/h3-6,8-9,11-12,16,18H,7,10,17H2,1-2H3. The number of rotatable bonds is 6. The van der Waals surface area contributed by atoms with Crippen LogP contribution in [0.1, 0.15) is 31.4 Å². The van der Waals surface area contributed by atoms with Crippen LogP contribution in [0.3, 0.4) is 0 Å². The zero-order valence-corrected chi connectivity index (χ0v) is 11.6. The van der Waals surface area contributed by atoms with Crippen molar-refractivity contribution in [3.63, 3.8) is 0 Å². The van der Waals surface area contributed by atoms with Crippen LogP contribution in [0, 0.1) is 0 Å². The first kappa shape index (κ1) is 14.0. The molecule has 2 aromatic rings. The van der Waals surface area contributed by atoms with E-state index in [0.717, 1.165) is 12.8 Å². The number of benzene rings is 2. The fourth-order valence-corrected chi connectivity index (χ4v) is 2.29. The molecular formula is C16H22N2O. The van der Waals surface area contributed by atoms with E-state index < -0.39 is 0 Å². The largest absolute Gasteiger partial charge is 0.382 e. The van der Waals surface area contributed by atoms with Gasteiger partial charge in [0.2, 0.25) is 0 Å². The highest BCUT2D eigenvalue weighted by atomic mass is 16.5. The molecule has 0 saturated heterocycles. The number of ether oxygens (including phenoxy) is 1. The molecule has 3 N–H and O–H groups in total. The zero-order valence-electron chi connectivity index (χ0n) is 11.6. The van der Waals surface area contributed by atoms with Crippen LogP contribution < -0.4 is 11.3 Å². The molecule has 0 aliphatic heterocycles. The Morgan fingerprint density at radius 3 is 2.53 bits per heavy atom. The second-order valence-corrected chi connectivity index (χ2v) is 4.95. The van der Waals surface area contributed by atoms with Gasteiger partial charge >= 0.3 is 0 Å². The van der Waals surface area contributed by atoms with Crippen molar-refractivity contribution in [3.05, 3.63) is 48.0 Å². The van der Waals surface area contributed by atoms with Gasteiger partial charge in [-0.2, -0.15) is 0 Å². The summed E-state index contributed by atoms with van der Waals surface area (Å²) in [5, 5.41) is 2.51. The van der Waals surface area contributed by atoms with Crippen molar-refractivity contribution in [2.45, 2.75) is 31.9 Å². The zero-order chi connectivity index (χ0) is 13.7. The third-order valence-corrected chi connectivity index (χ3v) is 3.64. The van der Waals surface area contributed by atoms with E-state index in [1.165, 1.54) is 16.3 Å². The minimum Gasteiger partial charge on any atom is -0.382 e. The smallest absolute Gasteiger partial charge is 0.0543 e. The molecule has 19 heavy (non-hydrogen) atoms. The Hall–Kier alpha value is -1.42. The van der Waals surface area contributed by atoms with Crippen molar-refractivity contribution < 1.29 is 4.74 Å². The Morgan fingerprint density at radius 1 is 1.11 bits per heavy atom. The molecule has 0 aliphatic rings. The average Bonchev–Trinajstić information content (AvgIpc) is 2.47. The number of fused-ring (bicyclic) bond motifs is 1. The molecule has 2 aromatic carbocycles. The molecule has 2 atom stereocenters. The number of nitrogens with one attached hydrogen (secondary N) is 1. The SMILES string of the molecule is COC(C)CCC(NN)c1ccc2ccccc2c1. The van der Waals surface area contributed by atoms with Crippen molar-refractivity contribution in [2.24, 2.45) is 5.84 Å². The van der Waals surface area contributed by atoms with Gasteiger partial charge in [-0.1, -0.05) is 36.4 Å². The van der Waals surface area contributed by atoms with Crippen LogP contribution in [0.2, 0.25) is 0 Å². The second-order valence-electron chi connectivity index (χ2n) is 4.95. The lowest BCUT2D eigenvalue weighted by Crippen LogP contribution is -2.28. The third-order valence-electron chi connectivity index (χ3n) is 3.64. The van der Waals surface area contributed by atoms with Gasteiger partial charge in [-0.25, -0.2) is 0 Å². The number of methoxy groups -OCH3 is 1. The van der Waals surface area contributed by atoms with Gasteiger partial charge in [-0.05, 0) is 42.2 Å². The molecule has 102 valence electrons. The number of nitrogens with two attached hydrogens (primary N) is 1. The Kier molecular flexibility index (Phi) is 4.91. The number of hydrogen-bond acceptors (Lipinski definition) is 3. The fourth-order valence-electron chi connectivity index (χ4n) is 2.29. The van der Waals surface area contributed by atoms with Gasteiger partial charge in [0.15, 0.2) is 0 Å². The summed E-state index contributed by atoms with van der Waals surface area (Å²) in [6.07, 6.45) is 2.21. The van der Waals surface area contributed by atoms with E-state index in [4.69, 9.17) is 10.6 Å². The molecule has 0 aromatic heterocycles. The molecule has 2 rings (SSSR count). The van der Waals surface area contributed by atoms with E-state index in [1.807, 2.05) is 0 Å². The van der Waals surface area contributed by atoms with E-state index in [-0.39, 0.29) is 12.1 Å². The van der Waals surface area contributed by atoms with E-state index in [9.17, 15) is 0 Å². The maximum absolute atomic E-state index is 5.69. The molecule has 0 radical (unpaired) electrons.